The molecule has 0 saturated heterocycles. The fraction of sp³-hybridized carbons (Fsp3) is 0.303. The van der Waals surface area contributed by atoms with Gasteiger partial charge < -0.3 is 19.9 Å². The molecule has 3 aromatic carbocycles. The largest absolute Gasteiger partial charge is 0.497 e. The maximum absolute atomic E-state index is 13.5. The number of fused-ring (bicyclic) bond motifs is 1. The Hall–Kier alpha value is -3.86. The number of halogens is 2. The third-order valence-corrected chi connectivity index (χ3v) is 8.35. The first-order chi connectivity index (χ1) is 21.1. The van der Waals surface area contributed by atoms with E-state index in [0.717, 1.165) is 18.7 Å². The van der Waals surface area contributed by atoms with Crippen LogP contribution in [0.25, 0.3) is 10.9 Å². The van der Waals surface area contributed by atoms with E-state index in [9.17, 15) is 14.4 Å². The number of rotatable bonds is 12. The number of nitrogens with zero attached hydrogens (tertiary/aromatic N) is 2. The standard InChI is InChI=1S/C33H35BrClN3O6/c1-5-37(6-2)19-21-15-27(31(36)28(34)16-21)33(41)44-14-13-43-30(39)18-25-20(3)38(29-12-11-24(42-4)17-26(25)29)32(40)22-7-9-23(35)10-8-22/h7-12,15-17H,5-6,13-14,18-19,36H2,1-4H3. The first-order valence-corrected chi connectivity index (χ1v) is 15.4. The summed E-state index contributed by atoms with van der Waals surface area (Å²) in [6.45, 7) is 8.04. The van der Waals surface area contributed by atoms with Crippen molar-refractivity contribution < 1.29 is 28.6 Å². The van der Waals surface area contributed by atoms with Crippen LogP contribution in [0.5, 0.6) is 5.75 Å². The van der Waals surface area contributed by atoms with E-state index in [1.165, 1.54) is 0 Å². The van der Waals surface area contributed by atoms with Crippen LogP contribution in [0.15, 0.2) is 59.1 Å². The van der Waals surface area contributed by atoms with Crippen LogP contribution in [0.4, 0.5) is 5.69 Å². The monoisotopic (exact) mass is 683 g/mol. The molecule has 0 aliphatic carbocycles. The first-order valence-electron chi connectivity index (χ1n) is 14.2. The van der Waals surface area contributed by atoms with Crippen LogP contribution in [0.2, 0.25) is 5.02 Å². The van der Waals surface area contributed by atoms with Gasteiger partial charge in [-0.2, -0.15) is 0 Å². The molecule has 44 heavy (non-hydrogen) atoms. The van der Waals surface area contributed by atoms with Gasteiger partial charge in [0.15, 0.2) is 0 Å². The molecule has 0 unspecified atom stereocenters. The third-order valence-electron chi connectivity index (χ3n) is 7.45. The van der Waals surface area contributed by atoms with Crippen LogP contribution in [0.3, 0.4) is 0 Å². The highest BCUT2D eigenvalue weighted by atomic mass is 79.9. The second-order valence-electron chi connectivity index (χ2n) is 10.1. The number of carbonyl (C=O) groups is 3. The number of esters is 2. The van der Waals surface area contributed by atoms with Crippen molar-refractivity contribution in [3.05, 3.63) is 92.0 Å². The quantitative estimate of drug-likeness (QED) is 0.103. The molecule has 4 aromatic rings. The van der Waals surface area contributed by atoms with Gasteiger partial charge in [-0.05, 0) is 102 Å². The van der Waals surface area contributed by atoms with E-state index in [2.05, 4.69) is 34.7 Å². The van der Waals surface area contributed by atoms with Gasteiger partial charge in [-0.3, -0.25) is 19.1 Å². The molecule has 2 N–H and O–H groups in total. The van der Waals surface area contributed by atoms with Gasteiger partial charge in [0.25, 0.3) is 5.91 Å². The lowest BCUT2D eigenvalue weighted by Crippen LogP contribution is -2.22. The highest BCUT2D eigenvalue weighted by Gasteiger charge is 2.23. The van der Waals surface area contributed by atoms with Gasteiger partial charge in [0.2, 0.25) is 0 Å². The van der Waals surface area contributed by atoms with Gasteiger partial charge >= 0.3 is 11.9 Å². The van der Waals surface area contributed by atoms with Crippen molar-refractivity contribution in [3.63, 3.8) is 0 Å². The first kappa shape index (κ1) is 33.0. The van der Waals surface area contributed by atoms with Gasteiger partial charge in [-0.1, -0.05) is 25.4 Å². The fourth-order valence-corrected chi connectivity index (χ4v) is 5.63. The van der Waals surface area contributed by atoms with E-state index in [1.807, 2.05) is 6.07 Å². The molecular weight excluding hydrogens is 650 g/mol. The number of hydrogen-bond donors (Lipinski definition) is 1. The third kappa shape index (κ3) is 7.43. The number of nitrogens with two attached hydrogens (primary N) is 1. The molecular formula is C33H35BrClN3O6. The van der Waals surface area contributed by atoms with Gasteiger partial charge in [0.05, 0.1) is 30.3 Å². The predicted octanol–water partition coefficient (Wildman–Crippen LogP) is 6.43. The number of methoxy groups -OCH3 is 1. The molecule has 11 heteroatoms. The molecule has 4 rings (SSSR count). The Morgan fingerprint density at radius 1 is 0.977 bits per heavy atom. The molecule has 0 bridgehead atoms. The molecule has 0 amide bonds. The van der Waals surface area contributed by atoms with E-state index < -0.39 is 11.9 Å². The summed E-state index contributed by atoms with van der Waals surface area (Å²) in [6, 6.07) is 15.6. The number of nitrogen functional groups attached to an aromatic ring is 1. The molecule has 0 aliphatic heterocycles. The van der Waals surface area contributed by atoms with Crippen LogP contribution < -0.4 is 10.5 Å². The summed E-state index contributed by atoms with van der Waals surface area (Å²) in [5, 5.41) is 1.22. The summed E-state index contributed by atoms with van der Waals surface area (Å²) in [6.07, 6.45) is -0.0996. The van der Waals surface area contributed by atoms with E-state index in [-0.39, 0.29) is 36.8 Å². The molecule has 1 heterocycles. The van der Waals surface area contributed by atoms with Crippen molar-refractivity contribution in [1.82, 2.24) is 9.47 Å². The fourth-order valence-electron chi connectivity index (χ4n) is 5.00. The van der Waals surface area contributed by atoms with Crippen molar-refractivity contribution in [1.29, 1.82) is 0 Å². The minimum absolute atomic E-state index is 0.0996. The molecule has 0 saturated carbocycles. The maximum atomic E-state index is 13.5. The molecule has 0 aliphatic rings. The zero-order valence-electron chi connectivity index (χ0n) is 25.1. The highest BCUT2D eigenvalue weighted by molar-refractivity contribution is 9.10. The lowest BCUT2D eigenvalue weighted by molar-refractivity contribution is -0.143. The highest BCUT2D eigenvalue weighted by Crippen LogP contribution is 2.31. The van der Waals surface area contributed by atoms with Gasteiger partial charge in [0, 0.05) is 32.7 Å². The van der Waals surface area contributed by atoms with E-state index in [0.29, 0.717) is 49.5 Å². The van der Waals surface area contributed by atoms with Crippen molar-refractivity contribution in [2.75, 3.05) is 39.1 Å². The normalized spacial score (nSPS) is 11.2. The second-order valence-corrected chi connectivity index (χ2v) is 11.4. The minimum atomic E-state index is -0.604. The molecule has 1 aromatic heterocycles. The Bertz CT molecular complexity index is 1680. The lowest BCUT2D eigenvalue weighted by Gasteiger charge is -2.19. The van der Waals surface area contributed by atoms with Crippen molar-refractivity contribution in [2.24, 2.45) is 0 Å². The zero-order valence-corrected chi connectivity index (χ0v) is 27.5. The Balaban J connectivity index is 1.44. The van der Waals surface area contributed by atoms with Gasteiger partial charge in [-0.25, -0.2) is 4.79 Å². The molecule has 0 spiro atoms. The Kier molecular flexibility index (Phi) is 11.1. The SMILES string of the molecule is CCN(CC)Cc1cc(Br)c(N)c(C(=O)OCCOC(=O)Cc2c(C)n(C(=O)c3ccc(Cl)cc3)c3ccc(OC)cc23)c1. The number of carbonyl (C=O) groups excluding carboxylic acids is 3. The molecule has 0 radical (unpaired) electrons. The van der Waals surface area contributed by atoms with Crippen LogP contribution in [-0.4, -0.2) is 60.7 Å². The topological polar surface area (TPSA) is 113 Å². The second kappa shape index (κ2) is 14.7. The summed E-state index contributed by atoms with van der Waals surface area (Å²) in [7, 11) is 1.55. The number of aromatic nitrogens is 1. The van der Waals surface area contributed by atoms with E-state index in [1.54, 1.807) is 67.1 Å². The Morgan fingerprint density at radius 2 is 1.66 bits per heavy atom. The predicted molar refractivity (Wildman–Crippen MR) is 175 cm³/mol. The minimum Gasteiger partial charge on any atom is -0.497 e. The van der Waals surface area contributed by atoms with Crippen LogP contribution in [0, 0.1) is 6.92 Å². The average molecular weight is 685 g/mol. The number of anilines is 1. The van der Waals surface area contributed by atoms with Crippen LogP contribution in [-0.2, 0) is 27.2 Å². The molecule has 0 fully saturated rings. The summed E-state index contributed by atoms with van der Waals surface area (Å²) in [5.74, 6) is -0.809. The Labute approximate surface area is 269 Å². The summed E-state index contributed by atoms with van der Waals surface area (Å²) in [5.41, 5.74) is 9.91. The van der Waals surface area contributed by atoms with Crippen molar-refractivity contribution in [3.8, 4) is 5.75 Å². The summed E-state index contributed by atoms with van der Waals surface area (Å²) >= 11 is 9.44. The lowest BCUT2D eigenvalue weighted by atomic mass is 10.1. The number of benzene rings is 3. The van der Waals surface area contributed by atoms with E-state index >= 15 is 0 Å². The van der Waals surface area contributed by atoms with Gasteiger partial charge in [0.1, 0.15) is 19.0 Å². The van der Waals surface area contributed by atoms with Crippen LogP contribution in [0.1, 0.15) is 51.4 Å². The van der Waals surface area contributed by atoms with Gasteiger partial charge in [-0.15, -0.1) is 0 Å². The van der Waals surface area contributed by atoms with Crippen molar-refractivity contribution >= 4 is 62.0 Å². The Morgan fingerprint density at radius 3 is 2.32 bits per heavy atom. The zero-order chi connectivity index (χ0) is 32.0. The maximum Gasteiger partial charge on any atom is 0.340 e. The summed E-state index contributed by atoms with van der Waals surface area (Å²) in [4.78, 5) is 41.5. The molecule has 0 atom stereocenters. The van der Waals surface area contributed by atoms with Crippen LogP contribution >= 0.6 is 27.5 Å². The van der Waals surface area contributed by atoms with Crippen molar-refractivity contribution in [2.45, 2.75) is 33.7 Å². The number of ether oxygens (including phenoxy) is 3. The average Bonchev–Trinajstić information content (AvgIpc) is 3.29. The summed E-state index contributed by atoms with van der Waals surface area (Å²) < 4.78 is 18.4. The molecule has 232 valence electrons. The van der Waals surface area contributed by atoms with E-state index in [4.69, 9.17) is 31.5 Å². The number of hydrogen-bond acceptors (Lipinski definition) is 8. The molecule has 9 nitrogen and oxygen atoms in total. The smallest absolute Gasteiger partial charge is 0.340 e.